The Labute approximate surface area is 227 Å². The minimum Gasteiger partial charge on any atom is -0.382 e. The van der Waals surface area contributed by atoms with Gasteiger partial charge in [0.15, 0.2) is 11.3 Å². The van der Waals surface area contributed by atoms with Crippen LogP contribution in [0.3, 0.4) is 0 Å². The number of amides is 3. The number of nitrogens with zero attached hydrogens (tertiary/aromatic N) is 6. The number of aryl methyl sites for hydroxylation is 1. The molecule has 3 aromatic heterocycles. The zero-order valence-corrected chi connectivity index (χ0v) is 22.3. The predicted octanol–water partition coefficient (Wildman–Crippen LogP) is 3.36. The van der Waals surface area contributed by atoms with Gasteiger partial charge >= 0.3 is 12.2 Å². The van der Waals surface area contributed by atoms with Gasteiger partial charge in [0.2, 0.25) is 0 Å². The van der Waals surface area contributed by atoms with Crippen LogP contribution in [-0.4, -0.2) is 74.2 Å². The Balaban J connectivity index is 1.44. The van der Waals surface area contributed by atoms with E-state index in [1.165, 1.54) is 13.3 Å². The quantitative estimate of drug-likeness (QED) is 0.425. The SMILES string of the molecule is COC[C@H](c1cnn2cc([C@@H](NC(=O)c3nonc3C)C3CCC(C)CC3)nc2c1)N1C[C@@H](C(F)(F)F)NC1=O. The molecule has 1 saturated heterocycles. The molecule has 3 atom stereocenters. The van der Waals surface area contributed by atoms with Gasteiger partial charge in [0.05, 0.1) is 43.3 Å². The lowest BCUT2D eigenvalue weighted by Crippen LogP contribution is -2.40. The molecule has 15 heteroatoms. The van der Waals surface area contributed by atoms with Crippen molar-refractivity contribution in [1.82, 2.24) is 40.4 Å². The van der Waals surface area contributed by atoms with Gasteiger partial charge in [-0.15, -0.1) is 0 Å². The number of ether oxygens (including phenoxy) is 1. The summed E-state index contributed by atoms with van der Waals surface area (Å²) in [5.41, 5.74) is 1.95. The highest BCUT2D eigenvalue weighted by Crippen LogP contribution is 2.37. The van der Waals surface area contributed by atoms with Crippen molar-refractivity contribution < 1.29 is 32.1 Å². The number of halogens is 3. The van der Waals surface area contributed by atoms with Crippen molar-refractivity contribution in [2.75, 3.05) is 20.3 Å². The molecule has 4 heterocycles. The molecule has 0 aromatic carbocycles. The zero-order valence-electron chi connectivity index (χ0n) is 22.3. The van der Waals surface area contributed by atoms with Crippen LogP contribution >= 0.6 is 0 Å². The van der Waals surface area contributed by atoms with Crippen molar-refractivity contribution in [3.8, 4) is 0 Å². The first-order valence-electron chi connectivity index (χ1n) is 13.1. The van der Waals surface area contributed by atoms with Crippen LogP contribution in [0.4, 0.5) is 18.0 Å². The second kappa shape index (κ2) is 11.0. The largest absolute Gasteiger partial charge is 0.410 e. The number of hydrogen-bond acceptors (Lipinski definition) is 8. The number of methoxy groups -OCH3 is 1. The predicted molar refractivity (Wildman–Crippen MR) is 133 cm³/mol. The fourth-order valence-corrected chi connectivity index (χ4v) is 5.48. The molecular formula is C25H31F3N8O4. The summed E-state index contributed by atoms with van der Waals surface area (Å²) in [7, 11) is 1.41. The lowest BCUT2D eigenvalue weighted by Gasteiger charge is -2.32. The van der Waals surface area contributed by atoms with E-state index < -0.39 is 42.8 Å². The Morgan fingerprint density at radius 2 is 2.02 bits per heavy atom. The van der Waals surface area contributed by atoms with Gasteiger partial charge in [0.1, 0.15) is 11.7 Å². The first-order chi connectivity index (χ1) is 19.0. The minimum absolute atomic E-state index is 0.0343. The number of urea groups is 1. The molecule has 0 radical (unpaired) electrons. The third-order valence-electron chi connectivity index (χ3n) is 7.78. The summed E-state index contributed by atoms with van der Waals surface area (Å²) in [6, 6.07) is -2.39. The fraction of sp³-hybridized carbons (Fsp3) is 0.600. The van der Waals surface area contributed by atoms with E-state index in [1.54, 1.807) is 23.7 Å². The average molecular weight is 565 g/mol. The molecule has 1 aliphatic carbocycles. The second-order valence-electron chi connectivity index (χ2n) is 10.6. The highest BCUT2D eigenvalue weighted by molar-refractivity contribution is 5.93. The van der Waals surface area contributed by atoms with E-state index in [4.69, 9.17) is 14.3 Å². The van der Waals surface area contributed by atoms with Gasteiger partial charge in [-0.05, 0) is 42.8 Å². The van der Waals surface area contributed by atoms with Crippen LogP contribution in [0.1, 0.15) is 72.1 Å². The number of imidazole rings is 1. The van der Waals surface area contributed by atoms with E-state index in [0.29, 0.717) is 28.5 Å². The smallest absolute Gasteiger partial charge is 0.382 e. The molecule has 0 spiro atoms. The molecule has 2 aliphatic rings. The molecule has 3 aromatic rings. The number of carbonyl (C=O) groups excluding carboxylic acids is 2. The highest BCUT2D eigenvalue weighted by Gasteiger charge is 2.48. The first-order valence-corrected chi connectivity index (χ1v) is 13.1. The Bertz CT molecular complexity index is 1370. The number of nitrogens with one attached hydrogen (secondary N) is 2. The van der Waals surface area contributed by atoms with Crippen molar-refractivity contribution in [2.45, 2.75) is 63.8 Å². The van der Waals surface area contributed by atoms with Crippen LogP contribution in [0.25, 0.3) is 5.65 Å². The number of rotatable bonds is 8. The third-order valence-corrected chi connectivity index (χ3v) is 7.78. The van der Waals surface area contributed by atoms with E-state index in [2.05, 4.69) is 27.7 Å². The molecule has 2 fully saturated rings. The molecule has 40 heavy (non-hydrogen) atoms. The normalized spacial score (nSPS) is 23.3. The summed E-state index contributed by atoms with van der Waals surface area (Å²) >= 11 is 0. The van der Waals surface area contributed by atoms with Gasteiger partial charge in [0.25, 0.3) is 5.91 Å². The molecule has 5 rings (SSSR count). The van der Waals surface area contributed by atoms with Gasteiger partial charge in [-0.25, -0.2) is 18.9 Å². The fourth-order valence-electron chi connectivity index (χ4n) is 5.48. The van der Waals surface area contributed by atoms with E-state index in [9.17, 15) is 22.8 Å². The molecule has 3 amide bonds. The lowest BCUT2D eigenvalue weighted by molar-refractivity contribution is -0.150. The molecular weight excluding hydrogens is 533 g/mol. The summed E-state index contributed by atoms with van der Waals surface area (Å²) in [5, 5.41) is 16.9. The number of hydrogen-bond donors (Lipinski definition) is 2. The van der Waals surface area contributed by atoms with E-state index >= 15 is 0 Å². The number of fused-ring (bicyclic) bond motifs is 1. The molecule has 12 nitrogen and oxygen atoms in total. The van der Waals surface area contributed by atoms with E-state index in [-0.39, 0.29) is 18.2 Å². The van der Waals surface area contributed by atoms with Gasteiger partial charge in [0, 0.05) is 12.7 Å². The highest BCUT2D eigenvalue weighted by atomic mass is 19.4. The summed E-state index contributed by atoms with van der Waals surface area (Å²) in [6.45, 7) is 3.25. The van der Waals surface area contributed by atoms with Crippen molar-refractivity contribution >= 4 is 17.6 Å². The molecule has 1 aliphatic heterocycles. The topological polar surface area (TPSA) is 140 Å². The first kappa shape index (κ1) is 27.8. The Morgan fingerprint density at radius 1 is 1.27 bits per heavy atom. The van der Waals surface area contributed by atoms with Crippen LogP contribution in [0.15, 0.2) is 23.1 Å². The third kappa shape index (κ3) is 5.60. The van der Waals surface area contributed by atoms with Crippen LogP contribution in [-0.2, 0) is 4.74 Å². The maximum atomic E-state index is 13.3. The van der Waals surface area contributed by atoms with Crippen molar-refractivity contribution in [3.05, 3.63) is 41.1 Å². The number of carbonyl (C=O) groups is 2. The standard InChI is InChI=1S/C25H31F3N8O4/c1-13-4-6-15(7-5-13)22(32-23(37)21-14(2)33-40-34-21)17-10-36-20(30-17)8-16(9-29-36)18(12-39-3)35-11-19(25(26,27)28)31-24(35)38/h8-10,13,15,18-19,22H,4-7,11-12H2,1-3H3,(H,31,38)(H,32,37)/t13?,15?,18-,19+,22+/m1/s1. The van der Waals surface area contributed by atoms with Crippen LogP contribution in [0.2, 0.25) is 0 Å². The number of aromatic nitrogens is 5. The van der Waals surface area contributed by atoms with Crippen molar-refractivity contribution in [3.63, 3.8) is 0 Å². The van der Waals surface area contributed by atoms with Crippen LogP contribution < -0.4 is 10.6 Å². The summed E-state index contributed by atoms with van der Waals surface area (Å²) < 4.78 is 51.3. The lowest BCUT2D eigenvalue weighted by atomic mass is 9.78. The van der Waals surface area contributed by atoms with Gasteiger partial charge in [-0.1, -0.05) is 24.9 Å². The van der Waals surface area contributed by atoms with Gasteiger partial charge in [-0.2, -0.15) is 18.3 Å². The molecule has 2 N–H and O–H groups in total. The van der Waals surface area contributed by atoms with Crippen molar-refractivity contribution in [1.29, 1.82) is 0 Å². The van der Waals surface area contributed by atoms with E-state index in [1.807, 2.05) is 5.32 Å². The average Bonchev–Trinajstić information content (AvgIpc) is 3.63. The van der Waals surface area contributed by atoms with Crippen LogP contribution in [0.5, 0.6) is 0 Å². The summed E-state index contributed by atoms with van der Waals surface area (Å²) in [5.74, 6) is 0.295. The van der Waals surface area contributed by atoms with Gasteiger partial charge in [-0.3, -0.25) is 4.79 Å². The zero-order chi connectivity index (χ0) is 28.6. The molecule has 0 unspecified atom stereocenters. The molecule has 1 saturated carbocycles. The summed E-state index contributed by atoms with van der Waals surface area (Å²) in [6.07, 6.45) is 2.48. The molecule has 216 valence electrons. The second-order valence-corrected chi connectivity index (χ2v) is 10.6. The van der Waals surface area contributed by atoms with Gasteiger partial charge < -0.3 is 20.3 Å². The minimum atomic E-state index is -4.57. The summed E-state index contributed by atoms with van der Waals surface area (Å²) in [4.78, 5) is 31.4. The maximum Gasteiger partial charge on any atom is 0.410 e. The Hall–Kier alpha value is -3.75. The van der Waals surface area contributed by atoms with Crippen LogP contribution in [0, 0.1) is 18.8 Å². The van der Waals surface area contributed by atoms with E-state index in [0.717, 1.165) is 30.6 Å². The Morgan fingerprint density at radius 3 is 2.65 bits per heavy atom. The number of alkyl halides is 3. The van der Waals surface area contributed by atoms with Crippen molar-refractivity contribution in [2.24, 2.45) is 11.8 Å². The molecule has 0 bridgehead atoms. The maximum absolute atomic E-state index is 13.3. The monoisotopic (exact) mass is 564 g/mol. The Kier molecular flexibility index (Phi) is 7.66.